The summed E-state index contributed by atoms with van der Waals surface area (Å²) < 4.78 is 5.39. The van der Waals surface area contributed by atoms with Gasteiger partial charge in [-0.05, 0) is 25.1 Å². The Hall–Kier alpha value is -2.56. The highest BCUT2D eigenvalue weighted by Gasteiger charge is 2.19. The van der Waals surface area contributed by atoms with Crippen molar-refractivity contribution in [2.75, 3.05) is 0 Å². The second-order valence-corrected chi connectivity index (χ2v) is 3.75. The third-order valence-electron chi connectivity index (χ3n) is 2.47. The van der Waals surface area contributed by atoms with E-state index in [4.69, 9.17) is 4.74 Å². The Bertz CT molecular complexity index is 595. The van der Waals surface area contributed by atoms with Gasteiger partial charge in [-0.2, -0.15) is 0 Å². The molecule has 0 aromatic heterocycles. The predicted molar refractivity (Wildman–Crippen MR) is 66.0 cm³/mol. The van der Waals surface area contributed by atoms with Crippen LogP contribution in [0.15, 0.2) is 42.5 Å². The van der Waals surface area contributed by atoms with E-state index < -0.39 is 4.92 Å². The van der Waals surface area contributed by atoms with Gasteiger partial charge in [0.05, 0.1) is 4.92 Å². The van der Waals surface area contributed by atoms with Gasteiger partial charge in [-0.25, -0.2) is 0 Å². The van der Waals surface area contributed by atoms with Gasteiger partial charge in [0.1, 0.15) is 0 Å². The van der Waals surface area contributed by atoms with Gasteiger partial charge in [0, 0.05) is 5.56 Å². The first-order chi connectivity index (χ1) is 8.59. The number of para-hydroxylation sites is 3. The molecule has 2 aromatic rings. The normalized spacial score (nSPS) is 10.1. The van der Waals surface area contributed by atoms with Crippen LogP contribution in [0, 0.1) is 17.0 Å². The highest BCUT2D eigenvalue weighted by atomic mass is 16.6. The Balaban J connectivity index is 2.44. The zero-order valence-electron chi connectivity index (χ0n) is 9.66. The van der Waals surface area contributed by atoms with Crippen molar-refractivity contribution in [3.63, 3.8) is 0 Å². The molecule has 1 N–H and O–H groups in total. The summed E-state index contributed by atoms with van der Waals surface area (Å²) >= 11 is 0. The first kappa shape index (κ1) is 11.9. The molecule has 0 saturated heterocycles. The SMILES string of the molecule is Cc1cccc(Oc2ccccc2O)c1[N+](=O)[O-]. The molecule has 0 radical (unpaired) electrons. The summed E-state index contributed by atoms with van der Waals surface area (Å²) in [5.74, 6) is 0.237. The number of hydrogen-bond donors (Lipinski definition) is 1. The smallest absolute Gasteiger partial charge is 0.314 e. The number of phenolic OH excluding ortho intramolecular Hbond substituents is 1. The van der Waals surface area contributed by atoms with Crippen LogP contribution in [0.25, 0.3) is 0 Å². The van der Waals surface area contributed by atoms with Gasteiger partial charge in [-0.3, -0.25) is 10.1 Å². The lowest BCUT2D eigenvalue weighted by Crippen LogP contribution is -1.96. The Morgan fingerprint density at radius 1 is 1.11 bits per heavy atom. The average Bonchev–Trinajstić information content (AvgIpc) is 2.31. The Morgan fingerprint density at radius 3 is 2.44 bits per heavy atom. The van der Waals surface area contributed by atoms with Crippen LogP contribution in [-0.4, -0.2) is 10.0 Å². The van der Waals surface area contributed by atoms with Crippen LogP contribution < -0.4 is 4.74 Å². The fraction of sp³-hybridized carbons (Fsp3) is 0.0769. The molecule has 5 heteroatoms. The van der Waals surface area contributed by atoms with Crippen molar-refractivity contribution in [3.8, 4) is 17.2 Å². The third kappa shape index (κ3) is 2.24. The molecule has 0 amide bonds. The van der Waals surface area contributed by atoms with Gasteiger partial charge in [-0.15, -0.1) is 0 Å². The van der Waals surface area contributed by atoms with Crippen LogP contribution in [0.2, 0.25) is 0 Å². The highest BCUT2D eigenvalue weighted by Crippen LogP contribution is 2.36. The van der Waals surface area contributed by atoms with Crippen molar-refractivity contribution in [2.45, 2.75) is 6.92 Å². The van der Waals surface area contributed by atoms with Crippen molar-refractivity contribution in [2.24, 2.45) is 0 Å². The average molecular weight is 245 g/mol. The number of nitrogens with zero attached hydrogens (tertiary/aromatic N) is 1. The molecule has 0 unspecified atom stereocenters. The van der Waals surface area contributed by atoms with Gasteiger partial charge < -0.3 is 9.84 Å². The monoisotopic (exact) mass is 245 g/mol. The van der Waals surface area contributed by atoms with Crippen LogP contribution in [-0.2, 0) is 0 Å². The molecular weight excluding hydrogens is 234 g/mol. The molecule has 0 heterocycles. The van der Waals surface area contributed by atoms with E-state index in [-0.39, 0.29) is 22.9 Å². The van der Waals surface area contributed by atoms with Gasteiger partial charge in [0.15, 0.2) is 11.5 Å². The van der Waals surface area contributed by atoms with E-state index in [9.17, 15) is 15.2 Å². The quantitative estimate of drug-likeness (QED) is 0.664. The molecule has 0 bridgehead atoms. The molecule has 2 rings (SSSR count). The number of aryl methyl sites for hydroxylation is 1. The second kappa shape index (κ2) is 4.75. The van der Waals surface area contributed by atoms with Crippen molar-refractivity contribution < 1.29 is 14.8 Å². The topological polar surface area (TPSA) is 72.6 Å². The fourth-order valence-corrected chi connectivity index (χ4v) is 1.61. The summed E-state index contributed by atoms with van der Waals surface area (Å²) in [6.45, 7) is 1.63. The third-order valence-corrected chi connectivity index (χ3v) is 2.47. The van der Waals surface area contributed by atoms with E-state index in [2.05, 4.69) is 0 Å². The molecule has 0 aliphatic rings. The van der Waals surface area contributed by atoms with Crippen LogP contribution in [0.4, 0.5) is 5.69 Å². The maximum atomic E-state index is 11.0. The van der Waals surface area contributed by atoms with E-state index in [0.717, 1.165) is 0 Å². The van der Waals surface area contributed by atoms with Crippen molar-refractivity contribution in [3.05, 3.63) is 58.1 Å². The van der Waals surface area contributed by atoms with Gasteiger partial charge in [0.2, 0.25) is 5.75 Å². The molecular formula is C13H11NO4. The van der Waals surface area contributed by atoms with Crippen LogP contribution in [0.1, 0.15) is 5.56 Å². The molecule has 18 heavy (non-hydrogen) atoms. The van der Waals surface area contributed by atoms with E-state index >= 15 is 0 Å². The van der Waals surface area contributed by atoms with Gasteiger partial charge >= 0.3 is 5.69 Å². The Morgan fingerprint density at radius 2 is 1.78 bits per heavy atom. The second-order valence-electron chi connectivity index (χ2n) is 3.75. The highest BCUT2D eigenvalue weighted by molar-refractivity contribution is 5.54. The van der Waals surface area contributed by atoms with Crippen molar-refractivity contribution >= 4 is 5.69 Å². The molecule has 2 aromatic carbocycles. The summed E-state index contributed by atoms with van der Waals surface area (Å²) in [5.41, 5.74) is 0.411. The van der Waals surface area contributed by atoms with E-state index in [0.29, 0.717) is 5.56 Å². The zero-order valence-corrected chi connectivity index (χ0v) is 9.66. The molecule has 0 saturated carbocycles. The van der Waals surface area contributed by atoms with Gasteiger partial charge in [0.25, 0.3) is 0 Å². The number of ether oxygens (including phenoxy) is 1. The lowest BCUT2D eigenvalue weighted by molar-refractivity contribution is -0.386. The summed E-state index contributed by atoms with van der Waals surface area (Å²) in [6, 6.07) is 11.1. The number of benzene rings is 2. The molecule has 0 atom stereocenters. The number of rotatable bonds is 3. The maximum absolute atomic E-state index is 11.0. The summed E-state index contributed by atoms with van der Waals surface area (Å²) in [5, 5.41) is 20.6. The minimum atomic E-state index is -0.495. The van der Waals surface area contributed by atoms with Crippen LogP contribution in [0.3, 0.4) is 0 Å². The van der Waals surface area contributed by atoms with Gasteiger partial charge in [-0.1, -0.05) is 24.3 Å². The minimum absolute atomic E-state index is 0.0618. The predicted octanol–water partition coefficient (Wildman–Crippen LogP) is 3.40. The van der Waals surface area contributed by atoms with Crippen LogP contribution >= 0.6 is 0 Å². The lowest BCUT2D eigenvalue weighted by atomic mass is 10.2. The van der Waals surface area contributed by atoms with E-state index in [1.807, 2.05) is 0 Å². The number of hydrogen-bond acceptors (Lipinski definition) is 4. The van der Waals surface area contributed by atoms with Crippen molar-refractivity contribution in [1.82, 2.24) is 0 Å². The first-order valence-corrected chi connectivity index (χ1v) is 5.29. The molecule has 0 aliphatic heterocycles. The molecule has 92 valence electrons. The number of phenols is 1. The molecule has 5 nitrogen and oxygen atoms in total. The Kier molecular flexibility index (Phi) is 3.14. The molecule has 0 aliphatic carbocycles. The summed E-state index contributed by atoms with van der Waals surface area (Å²) in [7, 11) is 0. The number of nitro benzene ring substituents is 1. The first-order valence-electron chi connectivity index (χ1n) is 5.29. The molecule has 0 spiro atoms. The minimum Gasteiger partial charge on any atom is -0.504 e. The van der Waals surface area contributed by atoms with Crippen molar-refractivity contribution in [1.29, 1.82) is 0 Å². The molecule has 0 fully saturated rings. The Labute approximate surface area is 103 Å². The standard InChI is InChI=1S/C13H11NO4/c1-9-5-4-8-12(13(9)14(16)17)18-11-7-3-2-6-10(11)15/h2-8,15H,1H3. The van der Waals surface area contributed by atoms with Crippen LogP contribution in [0.5, 0.6) is 17.2 Å². The summed E-state index contributed by atoms with van der Waals surface area (Å²) in [6.07, 6.45) is 0. The number of nitro groups is 1. The van der Waals surface area contributed by atoms with E-state index in [1.165, 1.54) is 12.1 Å². The van der Waals surface area contributed by atoms with E-state index in [1.54, 1.807) is 37.3 Å². The zero-order chi connectivity index (χ0) is 13.1. The lowest BCUT2D eigenvalue weighted by Gasteiger charge is -2.08. The largest absolute Gasteiger partial charge is 0.504 e. The number of aromatic hydroxyl groups is 1. The summed E-state index contributed by atoms with van der Waals surface area (Å²) in [4.78, 5) is 10.5. The fourth-order valence-electron chi connectivity index (χ4n) is 1.61. The maximum Gasteiger partial charge on any atom is 0.314 e.